The van der Waals surface area contributed by atoms with E-state index in [0.29, 0.717) is 37.1 Å². The summed E-state index contributed by atoms with van der Waals surface area (Å²) >= 11 is 0. The van der Waals surface area contributed by atoms with E-state index in [9.17, 15) is 9.59 Å². The van der Waals surface area contributed by atoms with Crippen LogP contribution in [-0.2, 0) is 14.4 Å². The Morgan fingerprint density at radius 3 is 2.25 bits per heavy atom. The molecule has 0 radical (unpaired) electrons. The number of hydrogen-bond donors (Lipinski definition) is 1. The summed E-state index contributed by atoms with van der Waals surface area (Å²) in [6, 6.07) is 0. The van der Waals surface area contributed by atoms with Crippen LogP contribution in [0.15, 0.2) is 11.3 Å². The topological polar surface area (TPSA) is 55.4 Å². The number of carbonyl (C=O) groups is 2. The van der Waals surface area contributed by atoms with Crippen molar-refractivity contribution in [1.29, 1.82) is 0 Å². The average molecular weight is 281 g/mol. The van der Waals surface area contributed by atoms with Crippen molar-refractivity contribution in [2.75, 3.05) is 6.61 Å². The molecule has 1 aliphatic carbocycles. The molecule has 0 atom stereocenters. The molecule has 114 valence electrons. The van der Waals surface area contributed by atoms with Gasteiger partial charge in [0.1, 0.15) is 0 Å². The third-order valence-corrected chi connectivity index (χ3v) is 3.51. The summed E-state index contributed by atoms with van der Waals surface area (Å²) in [4.78, 5) is 29.8. The van der Waals surface area contributed by atoms with Crippen molar-refractivity contribution in [2.24, 2.45) is 5.41 Å². The Hall–Kier alpha value is -1.16. The number of hydroxylamine groups is 1. The maximum Gasteiger partial charge on any atom is 0.168 e. The van der Waals surface area contributed by atoms with Crippen LogP contribution in [0, 0.1) is 5.41 Å². The molecule has 0 aromatic carbocycles. The van der Waals surface area contributed by atoms with Crippen molar-refractivity contribution in [1.82, 2.24) is 5.48 Å². The van der Waals surface area contributed by atoms with Crippen LogP contribution >= 0.6 is 0 Å². The van der Waals surface area contributed by atoms with Gasteiger partial charge in [0, 0.05) is 12.8 Å². The molecule has 0 saturated heterocycles. The molecular formula is C16H27NO3. The molecule has 0 heterocycles. The number of hydrogen-bond acceptors (Lipinski definition) is 4. The van der Waals surface area contributed by atoms with Crippen LogP contribution in [0.3, 0.4) is 0 Å². The smallest absolute Gasteiger partial charge is 0.168 e. The summed E-state index contributed by atoms with van der Waals surface area (Å²) in [6.45, 7) is 8.42. The van der Waals surface area contributed by atoms with E-state index in [1.165, 1.54) is 0 Å². The highest BCUT2D eigenvalue weighted by atomic mass is 16.6. The Kier molecular flexibility index (Phi) is 6.40. The number of rotatable bonds is 7. The standard InChI is InChI=1S/C16H27NO3/c1-5-7-8-9-12(17-20-6-2)15-13(18)10-16(3,4)11-14(15)19/h17H,5-11H2,1-4H3. The Morgan fingerprint density at radius 2 is 1.75 bits per heavy atom. The zero-order valence-electron chi connectivity index (χ0n) is 13.2. The van der Waals surface area contributed by atoms with Crippen LogP contribution in [-0.4, -0.2) is 18.2 Å². The Labute approximate surface area is 121 Å². The molecule has 0 unspecified atom stereocenters. The van der Waals surface area contributed by atoms with Gasteiger partial charge in [0.05, 0.1) is 17.9 Å². The first-order chi connectivity index (χ1) is 9.41. The molecule has 1 aliphatic rings. The van der Waals surface area contributed by atoms with Gasteiger partial charge in [-0.3, -0.25) is 19.9 Å². The fraction of sp³-hybridized carbons (Fsp3) is 0.750. The molecule has 0 amide bonds. The van der Waals surface area contributed by atoms with Gasteiger partial charge in [-0.05, 0) is 25.2 Å². The Balaban J connectivity index is 2.93. The molecule has 0 aromatic heterocycles. The van der Waals surface area contributed by atoms with Crippen LogP contribution in [0.2, 0.25) is 0 Å². The van der Waals surface area contributed by atoms with Crippen LogP contribution in [0.1, 0.15) is 66.2 Å². The Morgan fingerprint density at radius 1 is 1.15 bits per heavy atom. The summed E-state index contributed by atoms with van der Waals surface area (Å²) in [5, 5.41) is 0. The zero-order valence-corrected chi connectivity index (χ0v) is 13.2. The van der Waals surface area contributed by atoms with Crippen molar-refractivity contribution in [3.63, 3.8) is 0 Å². The van der Waals surface area contributed by atoms with Gasteiger partial charge >= 0.3 is 0 Å². The number of ketones is 2. The summed E-state index contributed by atoms with van der Waals surface area (Å²) in [7, 11) is 0. The molecule has 4 heteroatoms. The van der Waals surface area contributed by atoms with E-state index in [2.05, 4.69) is 12.4 Å². The zero-order chi connectivity index (χ0) is 15.2. The van der Waals surface area contributed by atoms with Gasteiger partial charge in [-0.15, -0.1) is 0 Å². The van der Waals surface area contributed by atoms with E-state index >= 15 is 0 Å². The number of nitrogens with one attached hydrogen (secondary N) is 1. The molecule has 4 nitrogen and oxygen atoms in total. The second-order valence-corrected chi connectivity index (χ2v) is 6.21. The number of carbonyl (C=O) groups excluding carboxylic acids is 2. The molecular weight excluding hydrogens is 254 g/mol. The molecule has 0 aliphatic heterocycles. The summed E-state index contributed by atoms with van der Waals surface area (Å²) in [5.74, 6) is -0.102. The maximum atomic E-state index is 12.3. The van der Waals surface area contributed by atoms with Gasteiger partial charge < -0.3 is 0 Å². The normalized spacial score (nSPS) is 18.3. The van der Waals surface area contributed by atoms with E-state index in [0.717, 1.165) is 19.3 Å². The molecule has 1 rings (SSSR count). The number of unbranched alkanes of at least 4 members (excludes halogenated alkanes) is 2. The van der Waals surface area contributed by atoms with Crippen molar-refractivity contribution in [3.05, 3.63) is 11.3 Å². The number of allylic oxidation sites excluding steroid dienone is 2. The van der Waals surface area contributed by atoms with E-state index < -0.39 is 0 Å². The lowest BCUT2D eigenvalue weighted by Gasteiger charge is -2.29. The first-order valence-corrected chi connectivity index (χ1v) is 7.58. The third-order valence-electron chi connectivity index (χ3n) is 3.51. The highest BCUT2D eigenvalue weighted by Crippen LogP contribution is 2.35. The van der Waals surface area contributed by atoms with Gasteiger partial charge in [0.2, 0.25) is 0 Å². The van der Waals surface area contributed by atoms with Crippen molar-refractivity contribution in [3.8, 4) is 0 Å². The molecule has 0 aromatic rings. The minimum Gasteiger partial charge on any atom is -0.294 e. The molecule has 20 heavy (non-hydrogen) atoms. The van der Waals surface area contributed by atoms with Gasteiger partial charge in [-0.25, -0.2) is 0 Å². The quantitative estimate of drug-likeness (QED) is 0.336. The lowest BCUT2D eigenvalue weighted by Crippen LogP contribution is -2.34. The molecule has 1 saturated carbocycles. The highest BCUT2D eigenvalue weighted by Gasteiger charge is 2.37. The SMILES string of the molecule is CCCCCC(NOCC)=C1C(=O)CC(C)(C)CC1=O. The maximum absolute atomic E-state index is 12.3. The van der Waals surface area contributed by atoms with Gasteiger partial charge in [-0.2, -0.15) is 0 Å². The fourth-order valence-corrected chi connectivity index (χ4v) is 2.54. The van der Waals surface area contributed by atoms with Crippen molar-refractivity contribution >= 4 is 11.6 Å². The summed E-state index contributed by atoms with van der Waals surface area (Å²) in [6.07, 6.45) is 4.70. The number of Topliss-reactive ketones (excluding diaryl/α,β-unsaturated/α-hetero) is 2. The summed E-state index contributed by atoms with van der Waals surface area (Å²) < 4.78 is 0. The van der Waals surface area contributed by atoms with E-state index in [1.54, 1.807) is 0 Å². The van der Waals surface area contributed by atoms with Crippen molar-refractivity contribution in [2.45, 2.75) is 66.2 Å². The molecule has 1 N–H and O–H groups in total. The van der Waals surface area contributed by atoms with Crippen LogP contribution < -0.4 is 5.48 Å². The summed E-state index contributed by atoms with van der Waals surface area (Å²) in [5.41, 5.74) is 3.61. The van der Waals surface area contributed by atoms with Crippen molar-refractivity contribution < 1.29 is 14.4 Å². The van der Waals surface area contributed by atoms with Crippen LogP contribution in [0.4, 0.5) is 0 Å². The van der Waals surface area contributed by atoms with E-state index in [-0.39, 0.29) is 17.0 Å². The minimum absolute atomic E-state index is 0.0510. The second kappa shape index (κ2) is 7.58. The predicted octanol–water partition coefficient (Wildman–Crippen LogP) is 3.32. The second-order valence-electron chi connectivity index (χ2n) is 6.21. The molecule has 0 spiro atoms. The molecule has 0 bridgehead atoms. The predicted molar refractivity (Wildman–Crippen MR) is 79.0 cm³/mol. The lowest BCUT2D eigenvalue weighted by atomic mass is 9.73. The lowest BCUT2D eigenvalue weighted by molar-refractivity contribution is -0.127. The third kappa shape index (κ3) is 4.75. The first-order valence-electron chi connectivity index (χ1n) is 7.58. The Bertz CT molecular complexity index is 375. The van der Waals surface area contributed by atoms with Gasteiger partial charge in [0.25, 0.3) is 0 Å². The van der Waals surface area contributed by atoms with E-state index in [1.807, 2.05) is 20.8 Å². The van der Waals surface area contributed by atoms with Crippen LogP contribution in [0.25, 0.3) is 0 Å². The monoisotopic (exact) mass is 281 g/mol. The highest BCUT2D eigenvalue weighted by molar-refractivity contribution is 6.22. The fourth-order valence-electron chi connectivity index (χ4n) is 2.54. The first kappa shape index (κ1) is 16.9. The molecule has 1 fully saturated rings. The van der Waals surface area contributed by atoms with Gasteiger partial charge in [0.15, 0.2) is 11.6 Å². The average Bonchev–Trinajstić information content (AvgIpc) is 2.33. The van der Waals surface area contributed by atoms with Crippen LogP contribution in [0.5, 0.6) is 0 Å². The minimum atomic E-state index is -0.224. The largest absolute Gasteiger partial charge is 0.294 e. The van der Waals surface area contributed by atoms with E-state index in [4.69, 9.17) is 4.84 Å². The van der Waals surface area contributed by atoms with Gasteiger partial charge in [-0.1, -0.05) is 33.6 Å².